The molecule has 0 aliphatic carbocycles. The third kappa shape index (κ3) is 3.63. The first-order chi connectivity index (χ1) is 15.7. The molecular formula is C24H29BrN2O5S. The first-order valence-corrected chi connectivity index (χ1v) is 12.9. The topological polar surface area (TPSA) is 98.2 Å². The quantitative estimate of drug-likeness (QED) is 0.391. The number of hydrogen-bond donors (Lipinski definition) is 2. The maximum absolute atomic E-state index is 14.3. The van der Waals surface area contributed by atoms with Gasteiger partial charge in [0.05, 0.1) is 16.6 Å². The molecule has 2 amide bonds. The predicted molar refractivity (Wildman–Crippen MR) is 132 cm³/mol. The Morgan fingerprint density at radius 3 is 2.61 bits per heavy atom. The van der Waals surface area contributed by atoms with Crippen molar-refractivity contribution >= 4 is 51.2 Å². The van der Waals surface area contributed by atoms with Crippen LogP contribution in [0.1, 0.15) is 24.0 Å². The lowest BCUT2D eigenvalue weighted by molar-refractivity contribution is -0.148. The number of fused-ring (bicyclic) bond motifs is 1. The molecule has 2 N–H and O–H groups in total. The second kappa shape index (κ2) is 9.07. The number of carbonyl (C=O) groups is 3. The summed E-state index contributed by atoms with van der Waals surface area (Å²) in [6.45, 7) is 8.10. The summed E-state index contributed by atoms with van der Waals surface area (Å²) in [6.07, 6.45) is 2.54. The second-order valence-electron chi connectivity index (χ2n) is 9.09. The number of anilines is 1. The fourth-order valence-corrected chi connectivity index (χ4v) is 9.57. The van der Waals surface area contributed by atoms with E-state index < -0.39 is 28.6 Å². The van der Waals surface area contributed by atoms with E-state index in [2.05, 4.69) is 22.5 Å². The van der Waals surface area contributed by atoms with Crippen LogP contribution < -0.4 is 4.90 Å². The second-order valence-corrected chi connectivity index (χ2v) is 11.8. The van der Waals surface area contributed by atoms with Crippen molar-refractivity contribution in [3.63, 3.8) is 0 Å². The lowest BCUT2D eigenvalue weighted by atomic mass is 9.71. The Kier molecular flexibility index (Phi) is 6.68. The van der Waals surface area contributed by atoms with Gasteiger partial charge in [0.2, 0.25) is 5.91 Å². The molecule has 9 heteroatoms. The lowest BCUT2D eigenvalue weighted by Gasteiger charge is -2.38. The fourth-order valence-electron chi connectivity index (χ4n) is 5.97. The monoisotopic (exact) mass is 536 g/mol. The van der Waals surface area contributed by atoms with E-state index in [4.69, 9.17) is 0 Å². The number of thioether (sulfide) groups is 1. The van der Waals surface area contributed by atoms with Crippen LogP contribution in [0.25, 0.3) is 0 Å². The van der Waals surface area contributed by atoms with Crippen molar-refractivity contribution < 1.29 is 24.6 Å². The normalized spacial score (nSPS) is 32.2. The number of aliphatic hydroxyl groups excluding tert-OH is 1. The molecule has 4 rings (SSSR count). The summed E-state index contributed by atoms with van der Waals surface area (Å²) in [5.74, 6) is -3.11. The van der Waals surface area contributed by atoms with E-state index >= 15 is 0 Å². The molecule has 178 valence electrons. The number of alkyl halides is 1. The van der Waals surface area contributed by atoms with Gasteiger partial charge in [-0.25, -0.2) is 0 Å². The van der Waals surface area contributed by atoms with Gasteiger partial charge in [-0.1, -0.05) is 40.2 Å². The average Bonchev–Trinajstić information content (AvgIpc) is 3.34. The van der Waals surface area contributed by atoms with Crippen LogP contribution in [-0.2, 0) is 14.4 Å². The number of aryl methyl sites for hydroxylation is 2. The molecule has 0 aromatic heterocycles. The van der Waals surface area contributed by atoms with E-state index in [0.29, 0.717) is 12.8 Å². The number of amides is 2. The molecule has 3 unspecified atom stereocenters. The van der Waals surface area contributed by atoms with Crippen molar-refractivity contribution in [2.24, 2.45) is 11.8 Å². The molecule has 3 saturated heterocycles. The number of carboxylic acids is 1. The zero-order valence-corrected chi connectivity index (χ0v) is 21.1. The van der Waals surface area contributed by atoms with Crippen LogP contribution >= 0.6 is 27.7 Å². The van der Waals surface area contributed by atoms with Crippen LogP contribution in [0.15, 0.2) is 30.9 Å². The summed E-state index contributed by atoms with van der Waals surface area (Å²) < 4.78 is -0.818. The molecular weight excluding hydrogens is 508 g/mol. The first kappa shape index (κ1) is 24.3. The van der Waals surface area contributed by atoms with Crippen molar-refractivity contribution in [2.45, 2.75) is 47.6 Å². The summed E-state index contributed by atoms with van der Waals surface area (Å²) in [7, 11) is 0. The Bertz CT molecular complexity index is 983. The van der Waals surface area contributed by atoms with Crippen LogP contribution in [-0.4, -0.2) is 73.5 Å². The predicted octanol–water partition coefficient (Wildman–Crippen LogP) is 2.75. The lowest BCUT2D eigenvalue weighted by Crippen LogP contribution is -2.56. The van der Waals surface area contributed by atoms with Gasteiger partial charge in [-0.3, -0.25) is 14.4 Å². The summed E-state index contributed by atoms with van der Waals surface area (Å²) >= 11 is 5.13. The highest BCUT2D eigenvalue weighted by Crippen LogP contribution is 2.67. The van der Waals surface area contributed by atoms with Gasteiger partial charge >= 0.3 is 5.97 Å². The number of halogens is 1. The number of nitrogens with zero attached hydrogens (tertiary/aromatic N) is 2. The minimum absolute atomic E-state index is 0.0891. The minimum atomic E-state index is -0.996. The Balaban J connectivity index is 1.83. The van der Waals surface area contributed by atoms with E-state index in [9.17, 15) is 24.6 Å². The van der Waals surface area contributed by atoms with Crippen molar-refractivity contribution in [2.75, 3.05) is 24.6 Å². The summed E-state index contributed by atoms with van der Waals surface area (Å²) in [4.78, 5) is 43.3. The van der Waals surface area contributed by atoms with Gasteiger partial charge in [0, 0.05) is 35.5 Å². The van der Waals surface area contributed by atoms with Crippen molar-refractivity contribution in [3.05, 3.63) is 42.0 Å². The molecule has 3 aliphatic heterocycles. The highest BCUT2D eigenvalue weighted by Gasteiger charge is 2.76. The van der Waals surface area contributed by atoms with Gasteiger partial charge in [0.1, 0.15) is 6.04 Å². The molecule has 6 atom stereocenters. The first-order valence-electron chi connectivity index (χ1n) is 11.1. The summed E-state index contributed by atoms with van der Waals surface area (Å²) in [6, 6.07) is 5.02. The highest BCUT2D eigenvalue weighted by atomic mass is 79.9. The third-order valence-corrected chi connectivity index (χ3v) is 10.4. The van der Waals surface area contributed by atoms with Crippen LogP contribution in [0.4, 0.5) is 5.69 Å². The SMILES string of the molecule is C=CCN(C(=O)C1N(CCCO)C(=O)[C@@H]2[C@@H](C(=O)O)[C@@H]3SC12CC3Br)c1c(C)cccc1C. The molecule has 33 heavy (non-hydrogen) atoms. The van der Waals surface area contributed by atoms with Crippen LogP contribution in [0.3, 0.4) is 0 Å². The maximum Gasteiger partial charge on any atom is 0.308 e. The van der Waals surface area contributed by atoms with E-state index in [1.54, 1.807) is 11.0 Å². The largest absolute Gasteiger partial charge is 0.481 e. The number of aliphatic carboxylic acids is 1. The van der Waals surface area contributed by atoms with Crippen LogP contribution in [0.5, 0.6) is 0 Å². The summed E-state index contributed by atoms with van der Waals surface area (Å²) in [5.41, 5.74) is 2.67. The highest BCUT2D eigenvalue weighted by molar-refractivity contribution is 9.09. The van der Waals surface area contributed by atoms with Gasteiger partial charge in [-0.05, 0) is 37.8 Å². The van der Waals surface area contributed by atoms with Crippen LogP contribution in [0.2, 0.25) is 0 Å². The Labute approximate surface area is 206 Å². The number of carbonyl (C=O) groups excluding carboxylic acids is 2. The molecule has 2 bridgehead atoms. The van der Waals surface area contributed by atoms with Crippen molar-refractivity contribution in [1.29, 1.82) is 0 Å². The molecule has 1 aromatic rings. The zero-order chi connectivity index (χ0) is 24.1. The van der Waals surface area contributed by atoms with Gasteiger partial charge in [-0.15, -0.1) is 18.3 Å². The zero-order valence-electron chi connectivity index (χ0n) is 18.7. The van der Waals surface area contributed by atoms with Crippen LogP contribution in [0, 0.1) is 25.7 Å². The Morgan fingerprint density at radius 1 is 1.36 bits per heavy atom. The summed E-state index contributed by atoms with van der Waals surface area (Å²) in [5, 5.41) is 19.2. The number of para-hydroxylation sites is 1. The average molecular weight is 537 g/mol. The Morgan fingerprint density at radius 2 is 2.03 bits per heavy atom. The number of carboxylic acid groups (broad SMARTS) is 1. The fraction of sp³-hybridized carbons (Fsp3) is 0.542. The number of rotatable bonds is 8. The van der Waals surface area contributed by atoms with Crippen molar-refractivity contribution in [1.82, 2.24) is 4.90 Å². The Hall–Kier alpha value is -1.84. The number of hydrogen-bond acceptors (Lipinski definition) is 5. The number of aliphatic hydroxyl groups is 1. The molecule has 0 radical (unpaired) electrons. The molecule has 1 spiro atoms. The van der Waals surface area contributed by atoms with Crippen molar-refractivity contribution in [3.8, 4) is 0 Å². The van der Waals surface area contributed by atoms with E-state index in [1.165, 1.54) is 16.7 Å². The van der Waals surface area contributed by atoms with Gasteiger partial charge < -0.3 is 20.0 Å². The molecule has 3 fully saturated rings. The molecule has 1 aromatic carbocycles. The smallest absolute Gasteiger partial charge is 0.308 e. The maximum atomic E-state index is 14.3. The minimum Gasteiger partial charge on any atom is -0.481 e. The molecule has 3 heterocycles. The molecule has 3 aliphatic rings. The van der Waals surface area contributed by atoms with E-state index in [0.717, 1.165) is 16.8 Å². The molecule has 0 saturated carbocycles. The molecule has 7 nitrogen and oxygen atoms in total. The van der Waals surface area contributed by atoms with E-state index in [-0.39, 0.29) is 41.6 Å². The number of benzene rings is 1. The van der Waals surface area contributed by atoms with Gasteiger partial charge in [-0.2, -0.15) is 0 Å². The number of likely N-dealkylation sites (tertiary alicyclic amines) is 1. The standard InChI is InChI=1S/C24H29BrN2O5S/c1-4-9-26(18-13(2)7-5-8-14(18)3)22(30)20-24-12-15(25)19(33-24)16(23(31)32)17(24)21(29)27(20)10-6-11-28/h4-5,7-8,15-17,19-20,28H,1,6,9-12H2,2-3H3,(H,31,32)/t15?,16-,17+,19-,20?,24?/m1/s1. The van der Waals surface area contributed by atoms with Gasteiger partial charge in [0.15, 0.2) is 0 Å². The van der Waals surface area contributed by atoms with E-state index in [1.807, 2.05) is 32.0 Å². The van der Waals surface area contributed by atoms with Gasteiger partial charge in [0.25, 0.3) is 5.91 Å². The third-order valence-electron chi connectivity index (χ3n) is 7.15.